The lowest BCUT2D eigenvalue weighted by molar-refractivity contribution is 0.186. The van der Waals surface area contributed by atoms with E-state index < -0.39 is 17.7 Å². The maximum absolute atomic E-state index is 13.5. The van der Waals surface area contributed by atoms with Gasteiger partial charge in [0.25, 0.3) is 0 Å². The highest BCUT2D eigenvalue weighted by molar-refractivity contribution is 14.1. The quantitative estimate of drug-likeness (QED) is 0.774. The minimum absolute atomic E-state index is 0.0119. The summed E-state index contributed by atoms with van der Waals surface area (Å²) in [6.45, 7) is -0.0119. The van der Waals surface area contributed by atoms with E-state index in [2.05, 4.69) is 5.32 Å². The molecule has 2 rings (SSSR count). The van der Waals surface area contributed by atoms with Crippen LogP contribution in [0.15, 0.2) is 36.4 Å². The Kier molecular flexibility index (Phi) is 4.87. The number of hydrogen-bond acceptors (Lipinski definition) is 2. The van der Waals surface area contributed by atoms with Crippen LogP contribution in [0.4, 0.5) is 18.9 Å². The largest absolute Gasteiger partial charge is 0.386 e. The molecule has 0 radical (unpaired) electrons. The van der Waals surface area contributed by atoms with Crippen LogP contribution < -0.4 is 5.32 Å². The summed E-state index contributed by atoms with van der Waals surface area (Å²) >= 11 is 1.94. The summed E-state index contributed by atoms with van der Waals surface area (Å²) in [5, 5.41) is 12.8. The Labute approximate surface area is 127 Å². The summed E-state index contributed by atoms with van der Waals surface area (Å²) in [6.07, 6.45) is -1.20. The molecule has 0 spiro atoms. The van der Waals surface area contributed by atoms with Crippen molar-refractivity contribution in [1.82, 2.24) is 0 Å². The van der Waals surface area contributed by atoms with Crippen molar-refractivity contribution in [2.75, 3.05) is 11.9 Å². The minimum atomic E-state index is -1.20. The van der Waals surface area contributed by atoms with Crippen LogP contribution in [-0.4, -0.2) is 11.7 Å². The number of hydrogen-bond donors (Lipinski definition) is 2. The maximum atomic E-state index is 13.5. The van der Waals surface area contributed by atoms with Crippen molar-refractivity contribution in [3.63, 3.8) is 0 Å². The average molecular weight is 393 g/mol. The number of aliphatic hydroxyl groups is 1. The number of anilines is 1. The molecule has 0 aromatic heterocycles. The SMILES string of the molecule is OC(CNc1ccc(F)cc1I)c1cc(F)ccc1F. The number of benzene rings is 2. The molecule has 20 heavy (non-hydrogen) atoms. The molecule has 0 aliphatic rings. The molecule has 0 saturated carbocycles. The van der Waals surface area contributed by atoms with E-state index >= 15 is 0 Å². The van der Waals surface area contributed by atoms with Crippen LogP contribution in [0.1, 0.15) is 11.7 Å². The van der Waals surface area contributed by atoms with E-state index in [9.17, 15) is 18.3 Å². The normalized spacial score (nSPS) is 12.2. The van der Waals surface area contributed by atoms with Gasteiger partial charge in [0.15, 0.2) is 0 Å². The Hall–Kier alpha value is -1.28. The predicted molar refractivity (Wildman–Crippen MR) is 78.9 cm³/mol. The van der Waals surface area contributed by atoms with Crippen molar-refractivity contribution in [3.8, 4) is 0 Å². The minimum Gasteiger partial charge on any atom is -0.386 e. The molecule has 2 N–H and O–H groups in total. The van der Waals surface area contributed by atoms with Crippen molar-refractivity contribution in [2.45, 2.75) is 6.10 Å². The fourth-order valence-corrected chi connectivity index (χ4v) is 2.39. The van der Waals surface area contributed by atoms with Crippen LogP contribution in [-0.2, 0) is 0 Å². The standard InChI is InChI=1S/C14H11F3INO/c15-8-1-3-11(17)10(5-8)14(20)7-19-13-4-2-9(16)6-12(13)18/h1-6,14,19-20H,7H2. The fraction of sp³-hybridized carbons (Fsp3) is 0.143. The second-order valence-corrected chi connectivity index (χ2v) is 5.35. The van der Waals surface area contributed by atoms with E-state index in [-0.39, 0.29) is 17.9 Å². The Morgan fingerprint density at radius 2 is 1.70 bits per heavy atom. The topological polar surface area (TPSA) is 32.3 Å². The smallest absolute Gasteiger partial charge is 0.129 e. The molecule has 2 aromatic carbocycles. The zero-order valence-electron chi connectivity index (χ0n) is 10.2. The van der Waals surface area contributed by atoms with Gasteiger partial charge in [0.2, 0.25) is 0 Å². The number of nitrogens with one attached hydrogen (secondary N) is 1. The third kappa shape index (κ3) is 3.63. The van der Waals surface area contributed by atoms with E-state index in [1.165, 1.54) is 18.2 Å². The highest BCUT2D eigenvalue weighted by Gasteiger charge is 2.14. The van der Waals surface area contributed by atoms with Crippen molar-refractivity contribution < 1.29 is 18.3 Å². The number of aliphatic hydroxyl groups excluding tert-OH is 1. The second-order valence-electron chi connectivity index (χ2n) is 4.19. The van der Waals surface area contributed by atoms with Crippen LogP contribution in [0.3, 0.4) is 0 Å². The fourth-order valence-electron chi connectivity index (χ4n) is 1.72. The van der Waals surface area contributed by atoms with E-state index in [4.69, 9.17) is 0 Å². The molecular weight excluding hydrogens is 382 g/mol. The first-order valence-electron chi connectivity index (χ1n) is 5.79. The second kappa shape index (κ2) is 6.45. The van der Waals surface area contributed by atoms with Crippen LogP contribution in [0.5, 0.6) is 0 Å². The van der Waals surface area contributed by atoms with E-state index in [1.54, 1.807) is 0 Å². The Morgan fingerprint density at radius 3 is 2.40 bits per heavy atom. The molecule has 6 heteroatoms. The van der Waals surface area contributed by atoms with E-state index in [0.29, 0.717) is 9.26 Å². The van der Waals surface area contributed by atoms with Gasteiger partial charge in [0.1, 0.15) is 17.5 Å². The van der Waals surface area contributed by atoms with Gasteiger partial charge in [-0.25, -0.2) is 13.2 Å². The third-order valence-corrected chi connectivity index (χ3v) is 3.63. The highest BCUT2D eigenvalue weighted by atomic mass is 127. The van der Waals surface area contributed by atoms with Crippen molar-refractivity contribution in [2.24, 2.45) is 0 Å². The number of halogens is 4. The molecule has 2 aromatic rings. The average Bonchev–Trinajstić information content (AvgIpc) is 2.40. The van der Waals surface area contributed by atoms with Crippen LogP contribution in [0.25, 0.3) is 0 Å². The zero-order chi connectivity index (χ0) is 14.7. The van der Waals surface area contributed by atoms with Gasteiger partial charge in [-0.05, 0) is 59.0 Å². The third-order valence-electron chi connectivity index (χ3n) is 2.73. The first-order valence-corrected chi connectivity index (χ1v) is 6.87. The van der Waals surface area contributed by atoms with Gasteiger partial charge < -0.3 is 10.4 Å². The summed E-state index contributed by atoms with van der Waals surface area (Å²) in [7, 11) is 0. The van der Waals surface area contributed by atoms with Crippen molar-refractivity contribution >= 4 is 28.3 Å². The molecular formula is C14H11F3INO. The summed E-state index contributed by atoms with van der Waals surface area (Å²) in [5.74, 6) is -1.65. The Balaban J connectivity index is 2.08. The summed E-state index contributed by atoms with van der Waals surface area (Å²) in [5.41, 5.74) is 0.498. The van der Waals surface area contributed by atoms with E-state index in [0.717, 1.165) is 18.2 Å². The van der Waals surface area contributed by atoms with Gasteiger partial charge in [-0.3, -0.25) is 0 Å². The van der Waals surface area contributed by atoms with Gasteiger partial charge in [0, 0.05) is 21.4 Å². The molecule has 0 amide bonds. The lowest BCUT2D eigenvalue weighted by Crippen LogP contribution is -2.14. The first-order chi connectivity index (χ1) is 9.47. The summed E-state index contributed by atoms with van der Waals surface area (Å²) in [6, 6.07) is 7.04. The summed E-state index contributed by atoms with van der Waals surface area (Å²) < 4.78 is 40.1. The van der Waals surface area contributed by atoms with Gasteiger partial charge in [-0.2, -0.15) is 0 Å². The zero-order valence-corrected chi connectivity index (χ0v) is 12.4. The van der Waals surface area contributed by atoms with Gasteiger partial charge in [-0.1, -0.05) is 0 Å². The molecule has 1 unspecified atom stereocenters. The lowest BCUT2D eigenvalue weighted by atomic mass is 10.1. The van der Waals surface area contributed by atoms with Gasteiger partial charge in [0.05, 0.1) is 6.10 Å². The van der Waals surface area contributed by atoms with Crippen molar-refractivity contribution in [3.05, 3.63) is 63.0 Å². The predicted octanol–water partition coefficient (Wildman–Crippen LogP) is 3.85. The molecule has 2 nitrogen and oxygen atoms in total. The molecule has 0 aliphatic heterocycles. The molecule has 0 heterocycles. The maximum Gasteiger partial charge on any atom is 0.129 e. The molecule has 0 fully saturated rings. The molecule has 0 saturated heterocycles. The molecule has 1 atom stereocenters. The van der Waals surface area contributed by atoms with Gasteiger partial charge >= 0.3 is 0 Å². The Morgan fingerprint density at radius 1 is 1.05 bits per heavy atom. The highest BCUT2D eigenvalue weighted by Crippen LogP contribution is 2.22. The van der Waals surface area contributed by atoms with Gasteiger partial charge in [-0.15, -0.1) is 0 Å². The summed E-state index contributed by atoms with van der Waals surface area (Å²) in [4.78, 5) is 0. The molecule has 106 valence electrons. The molecule has 0 aliphatic carbocycles. The first kappa shape index (κ1) is 15.1. The monoisotopic (exact) mass is 393 g/mol. The van der Waals surface area contributed by atoms with Crippen LogP contribution >= 0.6 is 22.6 Å². The lowest BCUT2D eigenvalue weighted by Gasteiger charge is -2.15. The number of rotatable bonds is 4. The van der Waals surface area contributed by atoms with E-state index in [1.807, 2.05) is 22.6 Å². The van der Waals surface area contributed by atoms with Crippen molar-refractivity contribution in [1.29, 1.82) is 0 Å². The molecule has 0 bridgehead atoms. The Bertz CT molecular complexity index is 621. The van der Waals surface area contributed by atoms with Crippen LogP contribution in [0.2, 0.25) is 0 Å². The van der Waals surface area contributed by atoms with Crippen LogP contribution in [0, 0.1) is 21.0 Å².